The van der Waals surface area contributed by atoms with E-state index in [4.69, 9.17) is 4.74 Å². The van der Waals surface area contributed by atoms with Crippen molar-refractivity contribution in [1.29, 1.82) is 0 Å². The normalized spacial score (nSPS) is 25.0. The highest BCUT2D eigenvalue weighted by Gasteiger charge is 2.27. The summed E-state index contributed by atoms with van der Waals surface area (Å²) in [6.45, 7) is 8.04. The molecule has 0 saturated carbocycles. The van der Waals surface area contributed by atoms with Gasteiger partial charge in [0.25, 0.3) is 5.91 Å². The van der Waals surface area contributed by atoms with Gasteiger partial charge < -0.3 is 9.64 Å². The maximum Gasteiger partial charge on any atom is 0.274 e. The molecule has 1 aliphatic heterocycles. The molecule has 0 radical (unpaired) electrons. The second-order valence-electron chi connectivity index (χ2n) is 4.52. The monoisotopic (exact) mass is 237 g/mol. The van der Waals surface area contributed by atoms with Gasteiger partial charge >= 0.3 is 0 Å². The van der Waals surface area contributed by atoms with Crippen molar-refractivity contribution in [2.75, 3.05) is 13.1 Å². The smallest absolute Gasteiger partial charge is 0.274 e. The number of aromatic nitrogens is 2. The third-order valence-electron chi connectivity index (χ3n) is 2.89. The number of carbonyl (C=O) groups excluding carboxylic acids is 1. The van der Waals surface area contributed by atoms with Crippen LogP contribution in [0.4, 0.5) is 0 Å². The largest absolute Gasteiger partial charge is 0.372 e. The van der Waals surface area contributed by atoms with E-state index in [-0.39, 0.29) is 18.1 Å². The molecule has 1 aliphatic rings. The Morgan fingerprint density at radius 2 is 2.12 bits per heavy atom. The van der Waals surface area contributed by atoms with E-state index >= 15 is 0 Å². The fraction of sp³-hybridized carbons (Fsp3) is 0.667. The summed E-state index contributed by atoms with van der Waals surface area (Å²) in [7, 11) is 0. The lowest BCUT2D eigenvalue weighted by molar-refractivity contribution is -0.0587. The van der Waals surface area contributed by atoms with Crippen LogP contribution in [-0.2, 0) is 11.3 Å². The molecule has 17 heavy (non-hydrogen) atoms. The van der Waals surface area contributed by atoms with Crippen LogP contribution in [0, 0.1) is 0 Å². The summed E-state index contributed by atoms with van der Waals surface area (Å²) in [5.41, 5.74) is 0.521. The molecule has 0 aromatic carbocycles. The van der Waals surface area contributed by atoms with Crippen LogP contribution >= 0.6 is 0 Å². The molecule has 2 heterocycles. The topological polar surface area (TPSA) is 47.4 Å². The van der Waals surface area contributed by atoms with Crippen molar-refractivity contribution >= 4 is 5.91 Å². The summed E-state index contributed by atoms with van der Waals surface area (Å²) >= 11 is 0. The minimum Gasteiger partial charge on any atom is -0.372 e. The molecule has 94 valence electrons. The number of amides is 1. The zero-order chi connectivity index (χ0) is 12.4. The summed E-state index contributed by atoms with van der Waals surface area (Å²) in [6.07, 6.45) is 2.02. The predicted octanol–water partition coefficient (Wildman–Crippen LogP) is 1.15. The summed E-state index contributed by atoms with van der Waals surface area (Å²) in [5.74, 6) is -0.000741. The number of nitrogens with zero attached hydrogens (tertiary/aromatic N) is 3. The zero-order valence-electron chi connectivity index (χ0n) is 10.6. The number of hydrogen-bond donors (Lipinski definition) is 0. The van der Waals surface area contributed by atoms with Crippen LogP contribution < -0.4 is 0 Å². The fourth-order valence-corrected chi connectivity index (χ4v) is 2.16. The third-order valence-corrected chi connectivity index (χ3v) is 2.89. The van der Waals surface area contributed by atoms with Crippen LogP contribution in [0.25, 0.3) is 0 Å². The Morgan fingerprint density at radius 1 is 1.47 bits per heavy atom. The van der Waals surface area contributed by atoms with Crippen molar-refractivity contribution in [3.05, 3.63) is 18.0 Å². The lowest BCUT2D eigenvalue weighted by Crippen LogP contribution is -2.48. The molecule has 0 unspecified atom stereocenters. The van der Waals surface area contributed by atoms with Crippen LogP contribution in [0.2, 0.25) is 0 Å². The van der Waals surface area contributed by atoms with E-state index in [1.807, 2.05) is 31.9 Å². The van der Waals surface area contributed by atoms with Crippen molar-refractivity contribution in [2.24, 2.45) is 0 Å². The van der Waals surface area contributed by atoms with Crippen molar-refractivity contribution in [1.82, 2.24) is 14.7 Å². The maximum atomic E-state index is 12.2. The Hall–Kier alpha value is -1.36. The Bertz CT molecular complexity index is 392. The van der Waals surface area contributed by atoms with E-state index in [9.17, 15) is 4.79 Å². The number of rotatable bonds is 2. The zero-order valence-corrected chi connectivity index (χ0v) is 10.6. The lowest BCUT2D eigenvalue weighted by atomic mass is 10.2. The number of aryl methyl sites for hydroxylation is 1. The molecular weight excluding hydrogens is 218 g/mol. The standard InChI is InChI=1S/C12H19N3O2/c1-4-15-6-5-11(13-15)12(16)14-7-9(2)17-10(3)8-14/h5-6,9-10H,4,7-8H2,1-3H3/t9-,10-/m0/s1. The molecule has 5 heteroatoms. The maximum absolute atomic E-state index is 12.2. The molecule has 1 amide bonds. The molecule has 2 rings (SSSR count). The quantitative estimate of drug-likeness (QED) is 0.775. The summed E-state index contributed by atoms with van der Waals surface area (Å²) < 4.78 is 7.37. The average molecular weight is 237 g/mol. The molecule has 0 spiro atoms. The lowest BCUT2D eigenvalue weighted by Gasteiger charge is -2.34. The van der Waals surface area contributed by atoms with E-state index in [0.717, 1.165) is 6.54 Å². The van der Waals surface area contributed by atoms with Crippen molar-refractivity contribution in [3.63, 3.8) is 0 Å². The molecular formula is C12H19N3O2. The van der Waals surface area contributed by atoms with Gasteiger partial charge in [0.2, 0.25) is 0 Å². The predicted molar refractivity (Wildman–Crippen MR) is 63.8 cm³/mol. The van der Waals surface area contributed by atoms with E-state index in [0.29, 0.717) is 18.8 Å². The second-order valence-corrected chi connectivity index (χ2v) is 4.52. The second kappa shape index (κ2) is 4.87. The molecule has 1 fully saturated rings. The fourth-order valence-electron chi connectivity index (χ4n) is 2.16. The van der Waals surface area contributed by atoms with Crippen LogP contribution in [-0.4, -0.2) is 45.9 Å². The summed E-state index contributed by atoms with van der Waals surface area (Å²) in [6, 6.07) is 1.77. The summed E-state index contributed by atoms with van der Waals surface area (Å²) in [5, 5.41) is 4.24. The van der Waals surface area contributed by atoms with Gasteiger partial charge in [-0.2, -0.15) is 5.10 Å². The van der Waals surface area contributed by atoms with Gasteiger partial charge in [-0.1, -0.05) is 0 Å². The number of ether oxygens (including phenoxy) is 1. The van der Waals surface area contributed by atoms with Gasteiger partial charge in [0.05, 0.1) is 12.2 Å². The van der Waals surface area contributed by atoms with Gasteiger partial charge in [-0.05, 0) is 26.8 Å². The average Bonchev–Trinajstić information content (AvgIpc) is 2.75. The first-order chi connectivity index (χ1) is 8.10. The van der Waals surface area contributed by atoms with Crippen LogP contribution in [0.5, 0.6) is 0 Å². The molecule has 1 aromatic rings. The molecule has 0 N–H and O–H groups in total. The first kappa shape index (κ1) is 12.1. The third kappa shape index (κ3) is 2.66. The summed E-state index contributed by atoms with van der Waals surface area (Å²) in [4.78, 5) is 14.0. The molecule has 5 nitrogen and oxygen atoms in total. The Morgan fingerprint density at radius 3 is 2.65 bits per heavy atom. The Labute approximate surface area is 101 Å². The van der Waals surface area contributed by atoms with Gasteiger partial charge in [0, 0.05) is 25.8 Å². The number of hydrogen-bond acceptors (Lipinski definition) is 3. The first-order valence-corrected chi connectivity index (χ1v) is 6.08. The minimum absolute atomic E-state index is 0.000741. The van der Waals surface area contributed by atoms with Crippen LogP contribution in [0.3, 0.4) is 0 Å². The van der Waals surface area contributed by atoms with Crippen molar-refractivity contribution in [2.45, 2.75) is 39.5 Å². The van der Waals surface area contributed by atoms with E-state index in [1.54, 1.807) is 10.7 Å². The minimum atomic E-state index is -0.000741. The molecule has 0 bridgehead atoms. The van der Waals surface area contributed by atoms with E-state index in [1.165, 1.54) is 0 Å². The van der Waals surface area contributed by atoms with E-state index in [2.05, 4.69) is 5.10 Å². The Balaban J connectivity index is 2.08. The Kier molecular flexibility index (Phi) is 3.47. The van der Waals surface area contributed by atoms with Crippen molar-refractivity contribution in [3.8, 4) is 0 Å². The van der Waals surface area contributed by atoms with Crippen molar-refractivity contribution < 1.29 is 9.53 Å². The highest BCUT2D eigenvalue weighted by atomic mass is 16.5. The highest BCUT2D eigenvalue weighted by Crippen LogP contribution is 2.13. The van der Waals surface area contributed by atoms with E-state index < -0.39 is 0 Å². The first-order valence-electron chi connectivity index (χ1n) is 6.08. The van der Waals surface area contributed by atoms with Gasteiger partial charge in [-0.25, -0.2) is 0 Å². The number of carbonyl (C=O) groups is 1. The SMILES string of the molecule is CCn1ccc(C(=O)N2C[C@H](C)O[C@@H](C)C2)n1. The molecule has 0 aliphatic carbocycles. The van der Waals surface area contributed by atoms with Gasteiger partial charge in [-0.3, -0.25) is 9.48 Å². The van der Waals surface area contributed by atoms with Gasteiger partial charge in [0.15, 0.2) is 0 Å². The van der Waals surface area contributed by atoms with Crippen LogP contribution in [0.15, 0.2) is 12.3 Å². The molecule has 2 atom stereocenters. The van der Waals surface area contributed by atoms with Gasteiger partial charge in [0.1, 0.15) is 5.69 Å². The molecule has 1 aromatic heterocycles. The molecule has 1 saturated heterocycles. The van der Waals surface area contributed by atoms with Crippen LogP contribution in [0.1, 0.15) is 31.3 Å². The highest BCUT2D eigenvalue weighted by molar-refractivity contribution is 5.92. The number of morpholine rings is 1. The van der Waals surface area contributed by atoms with Gasteiger partial charge in [-0.15, -0.1) is 0 Å².